The first-order chi connectivity index (χ1) is 9.11. The second-order valence-electron chi connectivity index (χ2n) is 4.06. The molecule has 3 nitrogen and oxygen atoms in total. The number of rotatable bonds is 4. The monoisotopic (exact) mass is 299 g/mol. The first kappa shape index (κ1) is 14.2. The van der Waals surface area contributed by atoms with Gasteiger partial charge < -0.3 is 0 Å². The van der Waals surface area contributed by atoms with E-state index in [9.17, 15) is 4.39 Å². The summed E-state index contributed by atoms with van der Waals surface area (Å²) in [5.41, 5.74) is 3.82. The van der Waals surface area contributed by atoms with E-state index in [1.165, 1.54) is 6.20 Å². The lowest BCUT2D eigenvalue weighted by atomic mass is 10.00. The molecule has 100 valence electrons. The Morgan fingerprint density at radius 2 is 2.11 bits per heavy atom. The van der Waals surface area contributed by atoms with Crippen LogP contribution in [0.1, 0.15) is 17.2 Å². The summed E-state index contributed by atoms with van der Waals surface area (Å²) in [7, 11) is 0. The number of pyridine rings is 1. The second kappa shape index (κ2) is 6.30. The predicted molar refractivity (Wildman–Crippen MR) is 74.4 cm³/mol. The molecular formula is C13H12Cl2FN3. The lowest BCUT2D eigenvalue weighted by Crippen LogP contribution is -2.30. The molecule has 19 heavy (non-hydrogen) atoms. The van der Waals surface area contributed by atoms with Gasteiger partial charge in [-0.05, 0) is 36.2 Å². The van der Waals surface area contributed by atoms with E-state index in [4.69, 9.17) is 29.0 Å². The van der Waals surface area contributed by atoms with E-state index in [1.807, 2.05) is 0 Å². The van der Waals surface area contributed by atoms with Crippen LogP contribution in [0.15, 0.2) is 36.7 Å². The first-order valence-electron chi connectivity index (χ1n) is 5.61. The summed E-state index contributed by atoms with van der Waals surface area (Å²) >= 11 is 12.0. The van der Waals surface area contributed by atoms with Crippen molar-refractivity contribution in [2.75, 3.05) is 0 Å². The topological polar surface area (TPSA) is 50.9 Å². The van der Waals surface area contributed by atoms with Crippen LogP contribution in [0.3, 0.4) is 0 Å². The average molecular weight is 300 g/mol. The third kappa shape index (κ3) is 3.42. The van der Waals surface area contributed by atoms with Crippen LogP contribution in [-0.2, 0) is 6.42 Å². The van der Waals surface area contributed by atoms with Crippen molar-refractivity contribution in [1.29, 1.82) is 0 Å². The van der Waals surface area contributed by atoms with E-state index in [2.05, 4.69) is 10.4 Å². The molecule has 0 radical (unpaired) electrons. The number of hydrogen-bond acceptors (Lipinski definition) is 3. The van der Waals surface area contributed by atoms with Crippen molar-refractivity contribution in [3.8, 4) is 0 Å². The van der Waals surface area contributed by atoms with Crippen molar-refractivity contribution in [2.24, 2.45) is 5.84 Å². The normalized spacial score (nSPS) is 12.4. The molecule has 0 saturated carbocycles. The maximum Gasteiger partial charge on any atom is 0.146 e. The lowest BCUT2D eigenvalue weighted by Gasteiger charge is -2.17. The van der Waals surface area contributed by atoms with Crippen molar-refractivity contribution in [2.45, 2.75) is 12.5 Å². The zero-order valence-electron chi connectivity index (χ0n) is 9.91. The van der Waals surface area contributed by atoms with Gasteiger partial charge in [0.1, 0.15) is 5.82 Å². The van der Waals surface area contributed by atoms with Gasteiger partial charge in [-0.3, -0.25) is 16.3 Å². The minimum absolute atomic E-state index is 0.404. The minimum atomic E-state index is -0.413. The van der Waals surface area contributed by atoms with E-state index in [1.54, 1.807) is 24.3 Å². The summed E-state index contributed by atoms with van der Waals surface area (Å²) < 4.78 is 13.7. The molecule has 1 heterocycles. The smallest absolute Gasteiger partial charge is 0.146 e. The molecule has 3 N–H and O–H groups in total. The molecule has 0 aliphatic heterocycles. The number of nitrogens with one attached hydrogen (secondary N) is 1. The fraction of sp³-hybridized carbons (Fsp3) is 0.154. The van der Waals surface area contributed by atoms with E-state index < -0.39 is 11.9 Å². The summed E-state index contributed by atoms with van der Waals surface area (Å²) in [6.07, 6.45) is 3.10. The van der Waals surface area contributed by atoms with Gasteiger partial charge in [0.25, 0.3) is 0 Å². The number of hydrogen-bond donors (Lipinski definition) is 2. The molecule has 1 aromatic heterocycles. The van der Waals surface area contributed by atoms with E-state index in [0.29, 0.717) is 22.0 Å². The van der Waals surface area contributed by atoms with E-state index in [-0.39, 0.29) is 0 Å². The highest BCUT2D eigenvalue weighted by atomic mass is 35.5. The molecule has 0 spiro atoms. The predicted octanol–water partition coefficient (Wildman–Crippen LogP) is 3.27. The van der Waals surface area contributed by atoms with Crippen LogP contribution in [0.4, 0.5) is 4.39 Å². The average Bonchev–Trinajstić information content (AvgIpc) is 2.41. The zero-order chi connectivity index (χ0) is 13.8. The molecule has 0 fully saturated rings. The Bertz CT molecular complexity index is 578. The van der Waals surface area contributed by atoms with Crippen LogP contribution in [0.2, 0.25) is 10.0 Å². The Kier molecular flexibility index (Phi) is 4.71. The van der Waals surface area contributed by atoms with Gasteiger partial charge in [0, 0.05) is 21.8 Å². The van der Waals surface area contributed by atoms with Crippen molar-refractivity contribution in [3.05, 3.63) is 63.6 Å². The molecule has 0 aliphatic rings. The van der Waals surface area contributed by atoms with Crippen LogP contribution in [0, 0.1) is 5.82 Å². The quantitative estimate of drug-likeness (QED) is 0.673. The highest BCUT2D eigenvalue weighted by Gasteiger charge is 2.16. The Hall–Kier alpha value is -1.20. The molecule has 2 rings (SSSR count). The highest BCUT2D eigenvalue weighted by Crippen LogP contribution is 2.26. The van der Waals surface area contributed by atoms with Crippen molar-refractivity contribution < 1.29 is 4.39 Å². The summed E-state index contributed by atoms with van der Waals surface area (Å²) in [5, 5.41) is 1.14. The van der Waals surface area contributed by atoms with Gasteiger partial charge in [0.2, 0.25) is 0 Å². The molecule has 1 unspecified atom stereocenters. The molecule has 0 aliphatic carbocycles. The number of halogens is 3. The molecule has 6 heteroatoms. The van der Waals surface area contributed by atoms with Gasteiger partial charge in [-0.1, -0.05) is 23.2 Å². The number of nitrogens with two attached hydrogens (primary N) is 1. The van der Waals surface area contributed by atoms with Gasteiger partial charge in [0.05, 0.1) is 12.2 Å². The molecule has 0 saturated heterocycles. The molecular weight excluding hydrogens is 288 g/mol. The maximum absolute atomic E-state index is 13.7. The van der Waals surface area contributed by atoms with Gasteiger partial charge in [0.15, 0.2) is 0 Å². The number of hydrazine groups is 1. The molecule has 0 bridgehead atoms. The largest absolute Gasteiger partial charge is 0.271 e. The fourth-order valence-electron chi connectivity index (χ4n) is 1.85. The van der Waals surface area contributed by atoms with E-state index in [0.717, 1.165) is 11.8 Å². The fourth-order valence-corrected chi connectivity index (χ4v) is 2.24. The highest BCUT2D eigenvalue weighted by molar-refractivity contribution is 6.33. The van der Waals surface area contributed by atoms with Crippen LogP contribution < -0.4 is 11.3 Å². The zero-order valence-corrected chi connectivity index (χ0v) is 11.4. The van der Waals surface area contributed by atoms with Crippen LogP contribution in [0.25, 0.3) is 0 Å². The Labute approximate surface area is 120 Å². The van der Waals surface area contributed by atoms with Gasteiger partial charge in [-0.25, -0.2) is 4.39 Å². The van der Waals surface area contributed by atoms with Gasteiger partial charge in [-0.2, -0.15) is 0 Å². The number of nitrogens with zero attached hydrogens (tertiary/aromatic N) is 1. The first-order valence-corrected chi connectivity index (χ1v) is 6.37. The molecule has 1 aromatic carbocycles. The number of aromatic nitrogens is 1. The Morgan fingerprint density at radius 1 is 1.32 bits per heavy atom. The number of benzene rings is 1. The van der Waals surface area contributed by atoms with E-state index >= 15 is 0 Å². The van der Waals surface area contributed by atoms with Crippen LogP contribution in [-0.4, -0.2) is 4.98 Å². The van der Waals surface area contributed by atoms with Gasteiger partial charge in [-0.15, -0.1) is 0 Å². The van der Waals surface area contributed by atoms with Crippen molar-refractivity contribution in [1.82, 2.24) is 10.4 Å². The maximum atomic E-state index is 13.7. The summed E-state index contributed by atoms with van der Waals surface area (Å²) in [4.78, 5) is 3.71. The van der Waals surface area contributed by atoms with Crippen LogP contribution >= 0.6 is 23.2 Å². The minimum Gasteiger partial charge on any atom is -0.271 e. The Balaban J connectivity index is 2.29. The SMILES string of the molecule is NNC(Cc1cc(Cl)ccc1Cl)c1ccncc1F. The standard InChI is InChI=1S/C13H12Cl2FN3/c14-9-1-2-11(15)8(5-9)6-13(19-17)10-3-4-18-7-12(10)16/h1-5,7,13,19H,6,17H2. The lowest BCUT2D eigenvalue weighted by molar-refractivity contribution is 0.508. The second-order valence-corrected chi connectivity index (χ2v) is 4.90. The Morgan fingerprint density at radius 3 is 2.79 bits per heavy atom. The van der Waals surface area contributed by atoms with Crippen molar-refractivity contribution in [3.63, 3.8) is 0 Å². The van der Waals surface area contributed by atoms with Gasteiger partial charge >= 0.3 is 0 Å². The third-order valence-corrected chi connectivity index (χ3v) is 3.42. The summed E-state index contributed by atoms with van der Waals surface area (Å²) in [5.74, 6) is 5.08. The molecule has 0 amide bonds. The molecule has 1 atom stereocenters. The van der Waals surface area contributed by atoms with Crippen LogP contribution in [0.5, 0.6) is 0 Å². The summed E-state index contributed by atoms with van der Waals surface area (Å²) in [6.45, 7) is 0. The summed E-state index contributed by atoms with van der Waals surface area (Å²) in [6, 6.07) is 6.33. The van der Waals surface area contributed by atoms with Crippen molar-refractivity contribution >= 4 is 23.2 Å². The third-order valence-electron chi connectivity index (χ3n) is 2.81. The molecule has 2 aromatic rings.